The van der Waals surface area contributed by atoms with Crippen molar-refractivity contribution in [3.05, 3.63) is 29.3 Å². The Kier molecular flexibility index (Phi) is 5.26. The highest BCUT2D eigenvalue weighted by Crippen LogP contribution is 2.28. The van der Waals surface area contributed by atoms with Gasteiger partial charge in [-0.1, -0.05) is 39.0 Å². The maximum absolute atomic E-state index is 3.54. The third-order valence-electron chi connectivity index (χ3n) is 4.09. The molecule has 0 radical (unpaired) electrons. The summed E-state index contributed by atoms with van der Waals surface area (Å²) >= 11 is 0. The molecule has 1 aromatic rings. The van der Waals surface area contributed by atoms with Crippen LogP contribution in [0.25, 0.3) is 0 Å². The van der Waals surface area contributed by atoms with Crippen LogP contribution in [0.2, 0.25) is 0 Å². The highest BCUT2D eigenvalue weighted by atomic mass is 15.1. The zero-order chi connectivity index (χ0) is 13.7. The fourth-order valence-corrected chi connectivity index (χ4v) is 3.10. The molecule has 2 rings (SSSR count). The van der Waals surface area contributed by atoms with E-state index in [1.54, 1.807) is 0 Å². The molecule has 106 valence electrons. The summed E-state index contributed by atoms with van der Waals surface area (Å²) in [5.41, 5.74) is 4.56. The normalized spacial score (nSPS) is 21.0. The summed E-state index contributed by atoms with van der Waals surface area (Å²) < 4.78 is 0. The van der Waals surface area contributed by atoms with E-state index in [0.29, 0.717) is 0 Å². The van der Waals surface area contributed by atoms with E-state index in [-0.39, 0.29) is 0 Å². The van der Waals surface area contributed by atoms with Gasteiger partial charge in [0.1, 0.15) is 0 Å². The minimum atomic E-state index is 0.718. The zero-order valence-corrected chi connectivity index (χ0v) is 12.7. The smallest absolute Gasteiger partial charge is 0.0431 e. The summed E-state index contributed by atoms with van der Waals surface area (Å²) in [6.45, 7) is 11.5. The molecule has 0 aromatic heterocycles. The van der Waals surface area contributed by atoms with E-state index in [0.717, 1.165) is 31.8 Å². The maximum atomic E-state index is 3.54. The van der Waals surface area contributed by atoms with Crippen molar-refractivity contribution in [3.8, 4) is 0 Å². The summed E-state index contributed by atoms with van der Waals surface area (Å²) in [4.78, 5) is 2.64. The van der Waals surface area contributed by atoms with E-state index >= 15 is 0 Å². The van der Waals surface area contributed by atoms with Crippen LogP contribution in [0, 0.1) is 5.92 Å². The van der Waals surface area contributed by atoms with Crippen LogP contribution >= 0.6 is 0 Å². The maximum Gasteiger partial charge on any atom is 0.0431 e. The molecule has 1 atom stereocenters. The lowest BCUT2D eigenvalue weighted by Crippen LogP contribution is -2.39. The number of para-hydroxylation sites is 1. The van der Waals surface area contributed by atoms with Crippen molar-refractivity contribution in [2.24, 2.45) is 5.92 Å². The van der Waals surface area contributed by atoms with E-state index < -0.39 is 0 Å². The molecule has 0 aliphatic carbocycles. The number of nitrogens with one attached hydrogen (secondary N) is 1. The van der Waals surface area contributed by atoms with Crippen LogP contribution in [0.3, 0.4) is 0 Å². The predicted octanol–water partition coefficient (Wildman–Crippen LogP) is 3.25. The Bertz CT molecular complexity index is 378. The van der Waals surface area contributed by atoms with Crippen LogP contribution in [-0.2, 0) is 12.8 Å². The Morgan fingerprint density at radius 3 is 2.53 bits per heavy atom. The number of hydrogen-bond acceptors (Lipinski definition) is 2. The fraction of sp³-hybridized carbons (Fsp3) is 0.647. The molecule has 1 fully saturated rings. The number of nitrogens with zero attached hydrogens (tertiary/aromatic N) is 1. The molecule has 1 unspecified atom stereocenters. The summed E-state index contributed by atoms with van der Waals surface area (Å²) in [6, 6.07) is 6.82. The van der Waals surface area contributed by atoms with Gasteiger partial charge in [-0.05, 0) is 49.4 Å². The summed E-state index contributed by atoms with van der Waals surface area (Å²) in [5.74, 6) is 0.718. The Morgan fingerprint density at radius 2 is 1.89 bits per heavy atom. The molecule has 1 aliphatic heterocycles. The molecule has 0 bridgehead atoms. The number of benzene rings is 1. The molecule has 2 nitrogen and oxygen atoms in total. The standard InChI is InChI=1S/C17H28N2/c1-4-15-8-6-9-16(5-2)17(15)19-11-7-10-18-12-14(3)13-19/h6,8-9,14,18H,4-5,7,10-13H2,1-3H3. The van der Waals surface area contributed by atoms with Gasteiger partial charge >= 0.3 is 0 Å². The van der Waals surface area contributed by atoms with Gasteiger partial charge in [0.05, 0.1) is 0 Å². The first-order valence-electron chi connectivity index (χ1n) is 7.82. The summed E-state index contributed by atoms with van der Waals surface area (Å²) in [5, 5.41) is 3.54. The van der Waals surface area contributed by atoms with Crippen molar-refractivity contribution < 1.29 is 0 Å². The Labute approximate surface area is 118 Å². The minimum absolute atomic E-state index is 0.718. The van der Waals surface area contributed by atoms with Crippen LogP contribution in [0.15, 0.2) is 18.2 Å². The quantitative estimate of drug-likeness (QED) is 0.897. The molecule has 1 aliphatic rings. The Hall–Kier alpha value is -1.02. The van der Waals surface area contributed by atoms with Crippen molar-refractivity contribution >= 4 is 5.69 Å². The number of anilines is 1. The minimum Gasteiger partial charge on any atom is -0.371 e. The lowest BCUT2D eigenvalue weighted by atomic mass is 10.00. The SMILES string of the molecule is CCc1cccc(CC)c1N1CCCNCC(C)C1. The van der Waals surface area contributed by atoms with Crippen LogP contribution in [0.4, 0.5) is 5.69 Å². The second kappa shape index (κ2) is 6.95. The molecule has 0 spiro atoms. The van der Waals surface area contributed by atoms with Gasteiger partial charge in [0.25, 0.3) is 0 Å². The van der Waals surface area contributed by atoms with E-state index in [1.807, 2.05) is 0 Å². The summed E-state index contributed by atoms with van der Waals surface area (Å²) in [7, 11) is 0. The van der Waals surface area contributed by atoms with E-state index in [4.69, 9.17) is 0 Å². The Balaban J connectivity index is 2.31. The lowest BCUT2D eigenvalue weighted by molar-refractivity contribution is 0.467. The molecular formula is C17H28N2. The van der Waals surface area contributed by atoms with Gasteiger partial charge in [0, 0.05) is 18.8 Å². The Morgan fingerprint density at radius 1 is 1.21 bits per heavy atom. The molecule has 1 saturated heterocycles. The molecule has 0 saturated carbocycles. The van der Waals surface area contributed by atoms with Crippen LogP contribution in [0.1, 0.15) is 38.3 Å². The third kappa shape index (κ3) is 3.50. The van der Waals surface area contributed by atoms with Gasteiger partial charge in [-0.25, -0.2) is 0 Å². The van der Waals surface area contributed by atoms with E-state index in [1.165, 1.54) is 36.3 Å². The van der Waals surface area contributed by atoms with Gasteiger partial charge in [0.15, 0.2) is 0 Å². The molecule has 2 heteroatoms. The van der Waals surface area contributed by atoms with Crippen molar-refractivity contribution in [3.63, 3.8) is 0 Å². The molecule has 1 aromatic carbocycles. The van der Waals surface area contributed by atoms with Crippen molar-refractivity contribution in [2.45, 2.75) is 40.0 Å². The van der Waals surface area contributed by atoms with Crippen molar-refractivity contribution in [2.75, 3.05) is 31.1 Å². The van der Waals surface area contributed by atoms with Crippen LogP contribution in [-0.4, -0.2) is 26.2 Å². The topological polar surface area (TPSA) is 15.3 Å². The van der Waals surface area contributed by atoms with Gasteiger partial charge in [-0.2, -0.15) is 0 Å². The van der Waals surface area contributed by atoms with Crippen LogP contribution in [0.5, 0.6) is 0 Å². The molecule has 1 heterocycles. The van der Waals surface area contributed by atoms with Gasteiger partial charge in [0.2, 0.25) is 0 Å². The first-order valence-corrected chi connectivity index (χ1v) is 7.82. The number of hydrogen-bond donors (Lipinski definition) is 1. The highest BCUT2D eigenvalue weighted by Gasteiger charge is 2.18. The average molecular weight is 260 g/mol. The zero-order valence-electron chi connectivity index (χ0n) is 12.7. The molecule has 0 amide bonds. The molecule has 19 heavy (non-hydrogen) atoms. The van der Waals surface area contributed by atoms with Crippen molar-refractivity contribution in [1.29, 1.82) is 0 Å². The third-order valence-corrected chi connectivity index (χ3v) is 4.09. The van der Waals surface area contributed by atoms with E-state index in [2.05, 4.69) is 49.2 Å². The van der Waals surface area contributed by atoms with Gasteiger partial charge in [-0.15, -0.1) is 0 Å². The first-order chi connectivity index (χ1) is 9.26. The van der Waals surface area contributed by atoms with Gasteiger partial charge < -0.3 is 10.2 Å². The largest absolute Gasteiger partial charge is 0.371 e. The predicted molar refractivity (Wildman–Crippen MR) is 84.1 cm³/mol. The average Bonchev–Trinajstić information content (AvgIpc) is 2.41. The fourth-order valence-electron chi connectivity index (χ4n) is 3.10. The number of rotatable bonds is 3. The molecule has 1 N–H and O–H groups in total. The second-order valence-electron chi connectivity index (χ2n) is 5.74. The number of aryl methyl sites for hydroxylation is 2. The van der Waals surface area contributed by atoms with E-state index in [9.17, 15) is 0 Å². The second-order valence-corrected chi connectivity index (χ2v) is 5.74. The van der Waals surface area contributed by atoms with Crippen LogP contribution < -0.4 is 10.2 Å². The monoisotopic (exact) mass is 260 g/mol. The van der Waals surface area contributed by atoms with Crippen molar-refractivity contribution in [1.82, 2.24) is 5.32 Å². The summed E-state index contributed by atoms with van der Waals surface area (Å²) in [6.07, 6.45) is 3.51. The lowest BCUT2D eigenvalue weighted by Gasteiger charge is -2.33. The first kappa shape index (κ1) is 14.4. The molecular weight excluding hydrogens is 232 g/mol. The van der Waals surface area contributed by atoms with Gasteiger partial charge in [-0.3, -0.25) is 0 Å². The highest BCUT2D eigenvalue weighted by molar-refractivity contribution is 5.60.